The van der Waals surface area contributed by atoms with Gasteiger partial charge in [-0.15, -0.1) is 0 Å². The maximum Gasteiger partial charge on any atom is 0.317 e. The van der Waals surface area contributed by atoms with Crippen LogP contribution in [0.15, 0.2) is 41.1 Å². The summed E-state index contributed by atoms with van der Waals surface area (Å²) in [6.45, 7) is 5.18. The topological polar surface area (TPSA) is 44.8 Å². The Bertz CT molecular complexity index is 682. The lowest BCUT2D eigenvalue weighted by Crippen LogP contribution is -2.53. The highest BCUT2D eigenvalue weighted by Gasteiger charge is 2.22. The summed E-state index contributed by atoms with van der Waals surface area (Å²) in [5.74, 6) is 0.861. The van der Waals surface area contributed by atoms with E-state index in [0.29, 0.717) is 0 Å². The monoisotopic (exact) mass is 359 g/mol. The molecule has 0 radical (unpaired) electrons. The van der Waals surface area contributed by atoms with Crippen LogP contribution in [0, 0.1) is 0 Å². The second-order valence-electron chi connectivity index (χ2n) is 6.36. The van der Waals surface area contributed by atoms with Crippen molar-refractivity contribution in [3.05, 3.63) is 46.7 Å². The van der Waals surface area contributed by atoms with Crippen molar-refractivity contribution in [2.24, 2.45) is 0 Å². The third kappa shape index (κ3) is 4.66. The fraction of sp³-hybridized carbons (Fsp3) is 0.421. The molecule has 2 heterocycles. The zero-order chi connectivity index (χ0) is 17.6. The Morgan fingerprint density at radius 3 is 2.76 bits per heavy atom. The molecule has 1 fully saturated rings. The Hall–Kier alpha value is -2.21. The summed E-state index contributed by atoms with van der Waals surface area (Å²) in [4.78, 5) is 16.7. The first kappa shape index (κ1) is 17.6. The zero-order valence-corrected chi connectivity index (χ0v) is 15.6. The predicted molar refractivity (Wildman–Crippen MR) is 103 cm³/mol. The molecule has 1 aliphatic heterocycles. The van der Waals surface area contributed by atoms with Gasteiger partial charge in [-0.05, 0) is 47.9 Å². The number of methoxy groups -OCH3 is 1. The third-order valence-electron chi connectivity index (χ3n) is 4.48. The number of carbonyl (C=O) groups is 1. The second kappa shape index (κ2) is 8.25. The van der Waals surface area contributed by atoms with Crippen LogP contribution in [-0.4, -0.2) is 50.3 Å². The van der Waals surface area contributed by atoms with E-state index in [1.807, 2.05) is 23.1 Å². The Morgan fingerprint density at radius 1 is 1.28 bits per heavy atom. The highest BCUT2D eigenvalue weighted by atomic mass is 32.1. The molecule has 1 atom stereocenters. The molecule has 1 N–H and O–H groups in total. The molecule has 0 aliphatic carbocycles. The summed E-state index contributed by atoms with van der Waals surface area (Å²) in [6.07, 6.45) is 0.874. The van der Waals surface area contributed by atoms with E-state index in [1.54, 1.807) is 18.4 Å². The van der Waals surface area contributed by atoms with Crippen LogP contribution < -0.4 is 15.0 Å². The summed E-state index contributed by atoms with van der Waals surface area (Å²) in [7, 11) is 1.68. The van der Waals surface area contributed by atoms with Gasteiger partial charge in [0.05, 0.1) is 7.11 Å². The van der Waals surface area contributed by atoms with Crippen molar-refractivity contribution in [1.29, 1.82) is 0 Å². The quantitative estimate of drug-likeness (QED) is 0.891. The van der Waals surface area contributed by atoms with Crippen LogP contribution in [0.25, 0.3) is 0 Å². The average Bonchev–Trinajstić information content (AvgIpc) is 3.14. The SMILES string of the molecule is COc1cccc(N2CCN(C(=O)N[C@@H](C)Cc3ccsc3)CC2)c1. The molecule has 25 heavy (non-hydrogen) atoms. The van der Waals surface area contributed by atoms with Gasteiger partial charge in [0.25, 0.3) is 0 Å². The number of rotatable bonds is 5. The molecule has 3 rings (SSSR count). The molecule has 2 aromatic rings. The van der Waals surface area contributed by atoms with Crippen molar-refractivity contribution in [2.45, 2.75) is 19.4 Å². The number of piperazine rings is 1. The van der Waals surface area contributed by atoms with E-state index in [9.17, 15) is 4.79 Å². The Kier molecular flexibility index (Phi) is 5.81. The number of carbonyl (C=O) groups excluding carboxylic acids is 1. The van der Waals surface area contributed by atoms with Gasteiger partial charge in [0.1, 0.15) is 5.75 Å². The van der Waals surface area contributed by atoms with Gasteiger partial charge in [-0.3, -0.25) is 0 Å². The number of anilines is 1. The minimum Gasteiger partial charge on any atom is -0.497 e. The maximum atomic E-state index is 12.5. The molecule has 0 spiro atoms. The largest absolute Gasteiger partial charge is 0.497 e. The molecule has 6 heteroatoms. The van der Waals surface area contributed by atoms with Gasteiger partial charge in [-0.1, -0.05) is 6.07 Å². The number of hydrogen-bond acceptors (Lipinski definition) is 4. The van der Waals surface area contributed by atoms with Crippen LogP contribution in [-0.2, 0) is 6.42 Å². The molecule has 1 aliphatic rings. The van der Waals surface area contributed by atoms with Crippen molar-refractivity contribution in [1.82, 2.24) is 10.2 Å². The van der Waals surface area contributed by atoms with Crippen molar-refractivity contribution in [3.63, 3.8) is 0 Å². The van der Waals surface area contributed by atoms with E-state index in [4.69, 9.17) is 4.74 Å². The van der Waals surface area contributed by atoms with Crippen LogP contribution in [0.1, 0.15) is 12.5 Å². The molecule has 0 unspecified atom stereocenters. The molecule has 1 aromatic carbocycles. The second-order valence-corrected chi connectivity index (χ2v) is 7.14. The number of urea groups is 1. The summed E-state index contributed by atoms with van der Waals surface area (Å²) in [5, 5.41) is 7.32. The molecule has 2 amide bonds. The van der Waals surface area contributed by atoms with Crippen molar-refractivity contribution in [2.75, 3.05) is 38.2 Å². The Balaban J connectivity index is 1.48. The van der Waals surface area contributed by atoms with Crippen molar-refractivity contribution >= 4 is 23.1 Å². The van der Waals surface area contributed by atoms with Gasteiger partial charge in [0, 0.05) is 44.0 Å². The first-order valence-corrected chi connectivity index (χ1v) is 9.55. The van der Waals surface area contributed by atoms with Crippen molar-refractivity contribution < 1.29 is 9.53 Å². The molecular weight excluding hydrogens is 334 g/mol. The standard InChI is InChI=1S/C19H25N3O2S/c1-15(12-16-6-11-25-14-16)20-19(23)22-9-7-21(8-10-22)17-4-3-5-18(13-17)24-2/h3-6,11,13-15H,7-10,12H2,1-2H3,(H,20,23)/t15-/m0/s1. The normalized spacial score (nSPS) is 15.8. The summed E-state index contributed by atoms with van der Waals surface area (Å²) < 4.78 is 5.29. The number of thiophene rings is 1. The van der Waals surface area contributed by atoms with Crippen LogP contribution >= 0.6 is 11.3 Å². The van der Waals surface area contributed by atoms with Crippen LogP contribution in [0.2, 0.25) is 0 Å². The van der Waals surface area contributed by atoms with E-state index >= 15 is 0 Å². The number of nitrogens with one attached hydrogen (secondary N) is 1. The maximum absolute atomic E-state index is 12.5. The summed E-state index contributed by atoms with van der Waals surface area (Å²) in [5.41, 5.74) is 2.42. The van der Waals surface area contributed by atoms with E-state index < -0.39 is 0 Å². The fourth-order valence-electron chi connectivity index (χ4n) is 3.09. The van der Waals surface area contributed by atoms with Gasteiger partial charge < -0.3 is 19.9 Å². The lowest BCUT2D eigenvalue weighted by molar-refractivity contribution is 0.191. The van der Waals surface area contributed by atoms with E-state index in [1.165, 1.54) is 5.56 Å². The molecule has 0 bridgehead atoms. The average molecular weight is 359 g/mol. The summed E-state index contributed by atoms with van der Waals surface area (Å²) in [6, 6.07) is 10.4. The zero-order valence-electron chi connectivity index (χ0n) is 14.8. The smallest absolute Gasteiger partial charge is 0.317 e. The first-order chi connectivity index (χ1) is 12.2. The number of nitrogens with zero attached hydrogens (tertiary/aromatic N) is 2. The molecule has 0 saturated carbocycles. The molecule has 1 aromatic heterocycles. The Labute approximate surface area is 153 Å². The summed E-state index contributed by atoms with van der Waals surface area (Å²) >= 11 is 1.69. The molecule has 5 nitrogen and oxygen atoms in total. The third-order valence-corrected chi connectivity index (χ3v) is 5.21. The Morgan fingerprint density at radius 2 is 2.08 bits per heavy atom. The molecule has 1 saturated heterocycles. The van der Waals surface area contributed by atoms with E-state index in [2.05, 4.69) is 40.0 Å². The lowest BCUT2D eigenvalue weighted by atomic mass is 10.1. The lowest BCUT2D eigenvalue weighted by Gasteiger charge is -2.36. The fourth-order valence-corrected chi connectivity index (χ4v) is 3.77. The number of amides is 2. The van der Waals surface area contributed by atoms with Crippen LogP contribution in [0.3, 0.4) is 0 Å². The van der Waals surface area contributed by atoms with Gasteiger partial charge in [0.2, 0.25) is 0 Å². The van der Waals surface area contributed by atoms with Gasteiger partial charge >= 0.3 is 6.03 Å². The van der Waals surface area contributed by atoms with E-state index in [-0.39, 0.29) is 12.1 Å². The van der Waals surface area contributed by atoms with Gasteiger partial charge in [-0.25, -0.2) is 4.79 Å². The highest BCUT2D eigenvalue weighted by molar-refractivity contribution is 7.07. The van der Waals surface area contributed by atoms with E-state index in [0.717, 1.165) is 44.0 Å². The minimum absolute atomic E-state index is 0.0352. The van der Waals surface area contributed by atoms with Gasteiger partial charge in [0.15, 0.2) is 0 Å². The van der Waals surface area contributed by atoms with Crippen LogP contribution in [0.4, 0.5) is 10.5 Å². The van der Waals surface area contributed by atoms with Crippen LogP contribution in [0.5, 0.6) is 5.75 Å². The number of benzene rings is 1. The number of hydrogen-bond donors (Lipinski definition) is 1. The molecule has 134 valence electrons. The van der Waals surface area contributed by atoms with Crippen molar-refractivity contribution in [3.8, 4) is 5.75 Å². The minimum atomic E-state index is 0.0352. The highest BCUT2D eigenvalue weighted by Crippen LogP contribution is 2.22. The number of ether oxygens (including phenoxy) is 1. The molecular formula is C19H25N3O2S. The predicted octanol–water partition coefficient (Wildman–Crippen LogP) is 3.22. The van der Waals surface area contributed by atoms with Gasteiger partial charge in [-0.2, -0.15) is 11.3 Å². The first-order valence-electron chi connectivity index (χ1n) is 8.61.